The van der Waals surface area contributed by atoms with Gasteiger partial charge in [0.05, 0.1) is 31.3 Å². The third-order valence-electron chi connectivity index (χ3n) is 4.95. The van der Waals surface area contributed by atoms with Crippen LogP contribution >= 0.6 is 11.8 Å². The van der Waals surface area contributed by atoms with E-state index in [4.69, 9.17) is 9.72 Å². The van der Waals surface area contributed by atoms with Crippen LogP contribution in [0.15, 0.2) is 35.6 Å². The zero-order valence-corrected chi connectivity index (χ0v) is 17.4. The lowest BCUT2D eigenvalue weighted by Crippen LogP contribution is -2.37. The number of hydrogen-bond acceptors (Lipinski definition) is 7. The molecule has 0 spiro atoms. The minimum absolute atomic E-state index is 0.0759. The average Bonchev–Trinajstić information content (AvgIpc) is 3.16. The molecule has 1 aliphatic rings. The predicted molar refractivity (Wildman–Crippen MR) is 114 cm³/mol. The first-order valence-corrected chi connectivity index (χ1v) is 10.8. The van der Waals surface area contributed by atoms with Crippen LogP contribution in [0, 0.1) is 6.92 Å². The Bertz CT molecular complexity index is 1020. The lowest BCUT2D eigenvalue weighted by Gasteiger charge is -2.28. The van der Waals surface area contributed by atoms with Crippen LogP contribution in [0.2, 0.25) is 0 Å². The highest BCUT2D eigenvalue weighted by Gasteiger charge is 2.20. The molecule has 4 rings (SSSR count). The third kappa shape index (κ3) is 4.20. The second-order valence-corrected chi connectivity index (χ2v) is 7.58. The van der Waals surface area contributed by atoms with E-state index in [9.17, 15) is 4.79 Å². The first kappa shape index (κ1) is 19.7. The lowest BCUT2D eigenvalue weighted by molar-refractivity contribution is 0.0951. The fourth-order valence-electron chi connectivity index (χ4n) is 3.39. The van der Waals surface area contributed by atoms with E-state index in [1.54, 1.807) is 0 Å². The number of amides is 1. The fraction of sp³-hybridized carbons (Fsp3) is 0.400. The maximum atomic E-state index is 12.4. The number of fused-ring (bicyclic) bond motifs is 1. The average molecular weight is 413 g/mol. The van der Waals surface area contributed by atoms with Crippen molar-refractivity contribution in [2.75, 3.05) is 44.0 Å². The van der Waals surface area contributed by atoms with Gasteiger partial charge in [0, 0.05) is 25.2 Å². The fourth-order valence-corrected chi connectivity index (χ4v) is 3.75. The summed E-state index contributed by atoms with van der Waals surface area (Å²) in [5.41, 5.74) is 2.44. The van der Waals surface area contributed by atoms with Gasteiger partial charge in [-0.05, 0) is 24.8 Å². The van der Waals surface area contributed by atoms with Crippen molar-refractivity contribution in [3.8, 4) is 0 Å². The summed E-state index contributed by atoms with van der Waals surface area (Å²) in [5.74, 6) is 0.825. The van der Waals surface area contributed by atoms with E-state index in [1.165, 1.54) is 11.8 Å². The van der Waals surface area contributed by atoms with Crippen molar-refractivity contribution in [1.29, 1.82) is 0 Å². The molecule has 1 aliphatic heterocycles. The number of thioether (sulfide) groups is 1. The number of carbonyl (C=O) groups excluding carboxylic acids is 1. The van der Waals surface area contributed by atoms with E-state index in [0.717, 1.165) is 35.5 Å². The van der Waals surface area contributed by atoms with Crippen LogP contribution < -0.4 is 10.2 Å². The van der Waals surface area contributed by atoms with Gasteiger partial charge in [-0.2, -0.15) is 5.10 Å². The Morgan fingerprint density at radius 2 is 2.03 bits per heavy atom. The number of nitrogens with one attached hydrogen (secondary N) is 1. The summed E-state index contributed by atoms with van der Waals surface area (Å²) in [7, 11) is 0. The summed E-state index contributed by atoms with van der Waals surface area (Å²) in [5, 5.41) is 9.12. The van der Waals surface area contributed by atoms with Gasteiger partial charge in [-0.1, -0.05) is 30.0 Å². The van der Waals surface area contributed by atoms with Gasteiger partial charge in [-0.25, -0.2) is 14.6 Å². The van der Waals surface area contributed by atoms with Crippen LogP contribution in [-0.2, 0) is 11.3 Å². The van der Waals surface area contributed by atoms with Crippen molar-refractivity contribution in [3.05, 3.63) is 41.6 Å². The molecule has 3 heterocycles. The molecule has 1 aromatic carbocycles. The standard InChI is InChI=1S/C20H24N6O2S/c1-14-5-3-4-6-15(14)19(27)21-7-8-26-18-16(13-22-26)17(23-20(24-18)29-2)25-9-11-28-12-10-25/h3-6,13H,7-12H2,1-2H3,(H,21,27). The number of rotatable bonds is 6. The summed E-state index contributed by atoms with van der Waals surface area (Å²) in [6, 6.07) is 7.57. The molecule has 2 aromatic heterocycles. The molecular formula is C20H24N6O2S. The number of ether oxygens (including phenoxy) is 1. The Morgan fingerprint density at radius 1 is 1.24 bits per heavy atom. The topological polar surface area (TPSA) is 85.2 Å². The maximum Gasteiger partial charge on any atom is 0.251 e. The number of benzene rings is 1. The van der Waals surface area contributed by atoms with E-state index in [-0.39, 0.29) is 5.91 Å². The van der Waals surface area contributed by atoms with E-state index in [2.05, 4.69) is 20.3 Å². The van der Waals surface area contributed by atoms with Gasteiger partial charge < -0.3 is 15.0 Å². The minimum atomic E-state index is -0.0759. The van der Waals surface area contributed by atoms with Crippen LogP contribution in [0.1, 0.15) is 15.9 Å². The Hall–Kier alpha value is -2.65. The van der Waals surface area contributed by atoms with Gasteiger partial charge in [0.1, 0.15) is 5.82 Å². The first-order chi connectivity index (χ1) is 14.2. The molecule has 1 saturated heterocycles. The monoisotopic (exact) mass is 412 g/mol. The lowest BCUT2D eigenvalue weighted by atomic mass is 10.1. The number of hydrogen-bond donors (Lipinski definition) is 1. The third-order valence-corrected chi connectivity index (χ3v) is 5.50. The molecule has 1 amide bonds. The molecule has 9 heteroatoms. The second-order valence-electron chi connectivity index (χ2n) is 6.81. The van der Waals surface area contributed by atoms with E-state index in [0.29, 0.717) is 37.0 Å². The molecule has 1 fully saturated rings. The van der Waals surface area contributed by atoms with Crippen molar-refractivity contribution in [2.45, 2.75) is 18.6 Å². The highest BCUT2D eigenvalue weighted by atomic mass is 32.2. The highest BCUT2D eigenvalue weighted by molar-refractivity contribution is 7.98. The van der Waals surface area contributed by atoms with E-state index >= 15 is 0 Å². The number of anilines is 1. The second kappa shape index (κ2) is 8.79. The molecule has 0 aliphatic carbocycles. The van der Waals surface area contributed by atoms with Gasteiger partial charge in [0.25, 0.3) is 5.91 Å². The SMILES string of the molecule is CSc1nc(N2CCOCC2)c2cnn(CCNC(=O)c3ccccc3C)c2n1. The van der Waals surface area contributed by atoms with Gasteiger partial charge >= 0.3 is 0 Å². The Morgan fingerprint density at radius 3 is 2.79 bits per heavy atom. The highest BCUT2D eigenvalue weighted by Crippen LogP contribution is 2.27. The molecule has 8 nitrogen and oxygen atoms in total. The van der Waals surface area contributed by atoms with Crippen LogP contribution in [0.5, 0.6) is 0 Å². The van der Waals surface area contributed by atoms with Crippen molar-refractivity contribution in [3.63, 3.8) is 0 Å². The van der Waals surface area contributed by atoms with E-state index in [1.807, 2.05) is 48.3 Å². The molecule has 0 unspecified atom stereocenters. The van der Waals surface area contributed by atoms with Crippen molar-refractivity contribution < 1.29 is 9.53 Å². The Kier molecular flexibility index (Phi) is 5.96. The summed E-state index contributed by atoms with van der Waals surface area (Å²) in [6.45, 7) is 5.93. The molecular weight excluding hydrogens is 388 g/mol. The Balaban J connectivity index is 1.52. The Labute approximate surface area is 173 Å². The molecule has 0 bridgehead atoms. The summed E-state index contributed by atoms with van der Waals surface area (Å²) < 4.78 is 7.30. The zero-order chi connectivity index (χ0) is 20.2. The van der Waals surface area contributed by atoms with Crippen molar-refractivity contribution in [2.24, 2.45) is 0 Å². The molecule has 1 N–H and O–H groups in total. The number of aryl methyl sites for hydroxylation is 1. The van der Waals surface area contributed by atoms with Gasteiger partial charge in [-0.15, -0.1) is 0 Å². The maximum absolute atomic E-state index is 12.4. The van der Waals surface area contributed by atoms with E-state index < -0.39 is 0 Å². The molecule has 152 valence electrons. The quantitative estimate of drug-likeness (QED) is 0.490. The summed E-state index contributed by atoms with van der Waals surface area (Å²) in [4.78, 5) is 24.0. The first-order valence-electron chi connectivity index (χ1n) is 9.61. The smallest absolute Gasteiger partial charge is 0.251 e. The summed E-state index contributed by atoms with van der Waals surface area (Å²) >= 11 is 1.51. The largest absolute Gasteiger partial charge is 0.378 e. The van der Waals surface area contributed by atoms with Crippen LogP contribution in [0.3, 0.4) is 0 Å². The molecule has 29 heavy (non-hydrogen) atoms. The number of morpholine rings is 1. The number of nitrogens with zero attached hydrogens (tertiary/aromatic N) is 5. The predicted octanol–water partition coefficient (Wildman–Crippen LogP) is 2.12. The zero-order valence-electron chi connectivity index (χ0n) is 16.6. The number of aromatic nitrogens is 4. The molecule has 0 saturated carbocycles. The molecule has 0 atom stereocenters. The van der Waals surface area contributed by atoms with Crippen molar-refractivity contribution in [1.82, 2.24) is 25.1 Å². The van der Waals surface area contributed by atoms with Gasteiger partial charge in [-0.3, -0.25) is 4.79 Å². The van der Waals surface area contributed by atoms with Crippen molar-refractivity contribution >= 4 is 34.5 Å². The molecule has 3 aromatic rings. The molecule has 0 radical (unpaired) electrons. The van der Waals surface area contributed by atoms with Crippen LogP contribution in [-0.4, -0.2) is 64.8 Å². The van der Waals surface area contributed by atoms with Crippen LogP contribution in [0.4, 0.5) is 5.82 Å². The van der Waals surface area contributed by atoms with Crippen LogP contribution in [0.25, 0.3) is 11.0 Å². The number of carbonyl (C=O) groups is 1. The minimum Gasteiger partial charge on any atom is -0.378 e. The van der Waals surface area contributed by atoms with Gasteiger partial charge in [0.2, 0.25) is 0 Å². The normalized spacial score (nSPS) is 14.3. The van der Waals surface area contributed by atoms with Gasteiger partial charge in [0.15, 0.2) is 10.8 Å². The summed E-state index contributed by atoms with van der Waals surface area (Å²) in [6.07, 6.45) is 3.78.